The number of nitriles is 1. The van der Waals surface area contributed by atoms with Gasteiger partial charge in [0.25, 0.3) is 10.0 Å². The van der Waals surface area contributed by atoms with Crippen molar-refractivity contribution in [3.05, 3.63) is 53.6 Å². The van der Waals surface area contributed by atoms with Gasteiger partial charge >= 0.3 is 0 Å². The highest BCUT2D eigenvalue weighted by atomic mass is 32.2. The molecule has 0 saturated heterocycles. The van der Waals surface area contributed by atoms with Crippen LogP contribution in [-0.4, -0.2) is 15.5 Å². The number of para-hydroxylation sites is 2. The molecule has 0 unspecified atom stereocenters. The predicted octanol–water partition coefficient (Wildman–Crippen LogP) is 2.68. The molecule has 2 aromatic rings. The minimum atomic E-state index is -3.73. The average Bonchev–Trinajstić information content (AvgIpc) is 2.47. The summed E-state index contributed by atoms with van der Waals surface area (Å²) in [6.45, 7) is 1.70. The zero-order valence-corrected chi connectivity index (χ0v) is 12.4. The molecule has 0 aliphatic carbocycles. The number of aryl methyl sites for hydroxylation is 1. The van der Waals surface area contributed by atoms with E-state index in [4.69, 9.17) is 10.00 Å². The number of anilines is 1. The van der Waals surface area contributed by atoms with Crippen molar-refractivity contribution in [1.29, 1.82) is 5.26 Å². The number of hydrogen-bond acceptors (Lipinski definition) is 4. The van der Waals surface area contributed by atoms with Crippen LogP contribution in [0.15, 0.2) is 47.4 Å². The lowest BCUT2D eigenvalue weighted by Crippen LogP contribution is -2.14. The lowest BCUT2D eigenvalue weighted by Gasteiger charge is -2.12. The highest BCUT2D eigenvalue weighted by molar-refractivity contribution is 7.92. The molecular formula is C15H14N2O3S. The molecule has 0 atom stereocenters. The molecule has 0 radical (unpaired) electrons. The van der Waals surface area contributed by atoms with E-state index >= 15 is 0 Å². The number of rotatable bonds is 4. The second-order valence-corrected chi connectivity index (χ2v) is 6.08. The Morgan fingerprint density at radius 3 is 2.52 bits per heavy atom. The van der Waals surface area contributed by atoms with Gasteiger partial charge in [-0.2, -0.15) is 5.26 Å². The summed E-state index contributed by atoms with van der Waals surface area (Å²) in [6, 6.07) is 13.1. The van der Waals surface area contributed by atoms with Gasteiger partial charge in [0.2, 0.25) is 0 Å². The van der Waals surface area contributed by atoms with Gasteiger partial charge in [0.1, 0.15) is 5.75 Å². The van der Waals surface area contributed by atoms with Crippen LogP contribution in [0.5, 0.6) is 5.75 Å². The number of nitrogens with zero attached hydrogens (tertiary/aromatic N) is 1. The first-order valence-corrected chi connectivity index (χ1v) is 7.63. The standard InChI is InChI=1S/C15H14N2O3S/c1-11-9-13(8-7-12(11)10-16)21(18,19)17-14-5-3-4-6-15(14)20-2/h3-9,17H,1-2H3. The molecule has 0 saturated carbocycles. The van der Waals surface area contributed by atoms with E-state index in [-0.39, 0.29) is 4.90 Å². The Morgan fingerprint density at radius 2 is 1.90 bits per heavy atom. The van der Waals surface area contributed by atoms with Gasteiger partial charge in [-0.1, -0.05) is 12.1 Å². The lowest BCUT2D eigenvalue weighted by molar-refractivity contribution is 0.417. The molecule has 0 spiro atoms. The largest absolute Gasteiger partial charge is 0.495 e. The molecule has 0 aromatic heterocycles. The van der Waals surface area contributed by atoms with Crippen LogP contribution in [0.3, 0.4) is 0 Å². The van der Waals surface area contributed by atoms with Crippen molar-refractivity contribution >= 4 is 15.7 Å². The van der Waals surface area contributed by atoms with Crippen LogP contribution in [0.1, 0.15) is 11.1 Å². The topological polar surface area (TPSA) is 79.2 Å². The molecule has 108 valence electrons. The van der Waals surface area contributed by atoms with Gasteiger partial charge in [-0.05, 0) is 42.8 Å². The van der Waals surface area contributed by atoms with E-state index in [1.165, 1.54) is 25.3 Å². The highest BCUT2D eigenvalue weighted by Crippen LogP contribution is 2.26. The van der Waals surface area contributed by atoms with Gasteiger partial charge in [0.05, 0.1) is 29.3 Å². The smallest absolute Gasteiger partial charge is 0.262 e. The first kappa shape index (κ1) is 14.9. The van der Waals surface area contributed by atoms with Gasteiger partial charge in [-0.15, -0.1) is 0 Å². The molecule has 0 bridgehead atoms. The molecule has 0 aliphatic heterocycles. The third-order valence-electron chi connectivity index (χ3n) is 2.98. The van der Waals surface area contributed by atoms with Gasteiger partial charge < -0.3 is 4.74 Å². The Morgan fingerprint density at radius 1 is 1.19 bits per heavy atom. The van der Waals surface area contributed by atoms with E-state index in [1.807, 2.05) is 6.07 Å². The summed E-state index contributed by atoms with van der Waals surface area (Å²) in [7, 11) is -2.26. The molecule has 21 heavy (non-hydrogen) atoms. The van der Waals surface area contributed by atoms with Gasteiger partial charge in [-0.3, -0.25) is 4.72 Å². The first-order chi connectivity index (χ1) is 9.97. The predicted molar refractivity (Wildman–Crippen MR) is 79.7 cm³/mol. The maximum atomic E-state index is 12.4. The third-order valence-corrected chi connectivity index (χ3v) is 4.34. The zero-order chi connectivity index (χ0) is 15.5. The van der Waals surface area contributed by atoms with E-state index in [9.17, 15) is 8.42 Å². The van der Waals surface area contributed by atoms with Crippen LogP contribution in [0.25, 0.3) is 0 Å². The van der Waals surface area contributed by atoms with Crippen LogP contribution < -0.4 is 9.46 Å². The monoisotopic (exact) mass is 302 g/mol. The first-order valence-electron chi connectivity index (χ1n) is 6.14. The number of hydrogen-bond donors (Lipinski definition) is 1. The SMILES string of the molecule is COc1ccccc1NS(=O)(=O)c1ccc(C#N)c(C)c1. The Bertz CT molecular complexity index is 808. The molecule has 0 heterocycles. The van der Waals surface area contributed by atoms with Crippen molar-refractivity contribution in [1.82, 2.24) is 0 Å². The highest BCUT2D eigenvalue weighted by Gasteiger charge is 2.17. The minimum Gasteiger partial charge on any atom is -0.495 e. The van der Waals surface area contributed by atoms with Gasteiger partial charge in [0, 0.05) is 0 Å². The fourth-order valence-corrected chi connectivity index (χ4v) is 3.02. The Labute approximate surface area is 123 Å². The van der Waals surface area contributed by atoms with Crippen LogP contribution >= 0.6 is 0 Å². The quantitative estimate of drug-likeness (QED) is 0.941. The zero-order valence-electron chi connectivity index (χ0n) is 11.6. The van der Waals surface area contributed by atoms with Crippen molar-refractivity contribution in [3.63, 3.8) is 0 Å². The Kier molecular flexibility index (Phi) is 4.15. The van der Waals surface area contributed by atoms with E-state index in [2.05, 4.69) is 4.72 Å². The van der Waals surface area contributed by atoms with Crippen molar-refractivity contribution in [2.24, 2.45) is 0 Å². The third kappa shape index (κ3) is 3.15. The summed E-state index contributed by atoms with van der Waals surface area (Å²) >= 11 is 0. The van der Waals surface area contributed by atoms with Crippen LogP contribution in [0.2, 0.25) is 0 Å². The van der Waals surface area contributed by atoms with Crippen molar-refractivity contribution in [2.75, 3.05) is 11.8 Å². The number of ether oxygens (including phenoxy) is 1. The summed E-state index contributed by atoms with van der Waals surface area (Å²) in [6.07, 6.45) is 0. The molecule has 5 nitrogen and oxygen atoms in total. The van der Waals surface area contributed by atoms with Crippen LogP contribution in [-0.2, 0) is 10.0 Å². The van der Waals surface area contributed by atoms with Crippen LogP contribution in [0, 0.1) is 18.3 Å². The second kappa shape index (κ2) is 5.85. The molecule has 0 aliphatic rings. The summed E-state index contributed by atoms with van der Waals surface area (Å²) in [5, 5.41) is 8.88. The molecular weight excluding hydrogens is 288 g/mol. The van der Waals surface area contributed by atoms with E-state index in [0.717, 1.165) is 0 Å². The molecule has 2 aromatic carbocycles. The van der Waals surface area contributed by atoms with E-state index in [1.54, 1.807) is 31.2 Å². The molecule has 6 heteroatoms. The van der Waals surface area contributed by atoms with Gasteiger partial charge in [-0.25, -0.2) is 8.42 Å². The Hall–Kier alpha value is -2.52. The number of sulfonamides is 1. The number of benzene rings is 2. The molecule has 0 amide bonds. The summed E-state index contributed by atoms with van der Waals surface area (Å²) in [5.41, 5.74) is 1.42. The Balaban J connectivity index is 2.39. The summed E-state index contributed by atoms with van der Waals surface area (Å²) in [4.78, 5) is 0.102. The maximum Gasteiger partial charge on any atom is 0.262 e. The van der Waals surface area contributed by atoms with Crippen LogP contribution in [0.4, 0.5) is 5.69 Å². The average molecular weight is 302 g/mol. The molecule has 1 N–H and O–H groups in total. The van der Waals surface area contributed by atoms with Crippen molar-refractivity contribution in [3.8, 4) is 11.8 Å². The van der Waals surface area contributed by atoms with E-state index < -0.39 is 10.0 Å². The normalized spacial score (nSPS) is 10.7. The molecule has 2 rings (SSSR count). The summed E-state index contributed by atoms with van der Waals surface area (Å²) < 4.78 is 32.3. The maximum absolute atomic E-state index is 12.4. The second-order valence-electron chi connectivity index (χ2n) is 4.39. The number of nitrogens with one attached hydrogen (secondary N) is 1. The fourth-order valence-electron chi connectivity index (χ4n) is 1.86. The fraction of sp³-hybridized carbons (Fsp3) is 0.133. The molecule has 0 fully saturated rings. The van der Waals surface area contributed by atoms with E-state index in [0.29, 0.717) is 22.6 Å². The van der Waals surface area contributed by atoms with Crippen molar-refractivity contribution in [2.45, 2.75) is 11.8 Å². The van der Waals surface area contributed by atoms with Gasteiger partial charge in [0.15, 0.2) is 0 Å². The summed E-state index contributed by atoms with van der Waals surface area (Å²) in [5.74, 6) is 0.437. The number of methoxy groups -OCH3 is 1. The minimum absolute atomic E-state index is 0.102. The lowest BCUT2D eigenvalue weighted by atomic mass is 10.1. The van der Waals surface area contributed by atoms with Crippen molar-refractivity contribution < 1.29 is 13.2 Å².